The molecular weight excluding hydrogens is 386 g/mol. The van der Waals surface area contributed by atoms with Crippen LogP contribution in [0.15, 0.2) is 53.5 Å². The second-order valence-electron chi connectivity index (χ2n) is 7.76. The standard InChI is InChI=1S/C23H28ClN3O2/c1-25-22(26-15-20-13-17-5-2-3-8-21(17)29-20)27-16-23(9-11-28-12-10-23)18-6-4-7-19(24)14-18/h2-8,14,20H,9-13,15-16H2,1H3,(H2,25,26,27). The first-order chi connectivity index (χ1) is 14.2. The Morgan fingerprint density at radius 2 is 1.97 bits per heavy atom. The van der Waals surface area contributed by atoms with Crippen molar-refractivity contribution in [2.24, 2.45) is 4.99 Å². The molecule has 0 bridgehead atoms. The Morgan fingerprint density at radius 1 is 1.14 bits per heavy atom. The zero-order valence-corrected chi connectivity index (χ0v) is 17.5. The number of hydrogen-bond acceptors (Lipinski definition) is 3. The van der Waals surface area contributed by atoms with Gasteiger partial charge in [-0.15, -0.1) is 0 Å². The minimum Gasteiger partial charge on any atom is -0.488 e. The van der Waals surface area contributed by atoms with E-state index in [0.717, 1.165) is 55.8 Å². The van der Waals surface area contributed by atoms with Crippen LogP contribution < -0.4 is 15.4 Å². The molecule has 1 unspecified atom stereocenters. The van der Waals surface area contributed by atoms with E-state index in [9.17, 15) is 0 Å². The van der Waals surface area contributed by atoms with Crippen LogP contribution >= 0.6 is 11.6 Å². The first kappa shape index (κ1) is 20.0. The predicted octanol–water partition coefficient (Wildman–Crippen LogP) is 3.56. The summed E-state index contributed by atoms with van der Waals surface area (Å²) in [5, 5.41) is 7.72. The molecule has 0 spiro atoms. The van der Waals surface area contributed by atoms with Gasteiger partial charge in [-0.3, -0.25) is 4.99 Å². The molecule has 0 aliphatic carbocycles. The van der Waals surface area contributed by atoms with Gasteiger partial charge in [0, 0.05) is 43.7 Å². The van der Waals surface area contributed by atoms with E-state index in [0.29, 0.717) is 6.54 Å². The highest BCUT2D eigenvalue weighted by atomic mass is 35.5. The maximum atomic E-state index is 6.28. The van der Waals surface area contributed by atoms with Crippen LogP contribution in [0.25, 0.3) is 0 Å². The SMILES string of the molecule is CN=C(NCC1Cc2ccccc2O1)NCC1(c2cccc(Cl)c2)CCOCC1. The molecule has 2 aliphatic rings. The molecule has 1 saturated heterocycles. The number of nitrogens with one attached hydrogen (secondary N) is 2. The fourth-order valence-corrected chi connectivity index (χ4v) is 4.39. The van der Waals surface area contributed by atoms with Gasteiger partial charge >= 0.3 is 0 Å². The molecular formula is C23H28ClN3O2. The van der Waals surface area contributed by atoms with Gasteiger partial charge in [0.1, 0.15) is 11.9 Å². The van der Waals surface area contributed by atoms with Crippen LogP contribution in [0.3, 0.4) is 0 Å². The third kappa shape index (κ3) is 4.68. The number of nitrogens with zero attached hydrogens (tertiary/aromatic N) is 1. The molecule has 1 atom stereocenters. The summed E-state index contributed by atoms with van der Waals surface area (Å²) in [5.41, 5.74) is 2.51. The lowest BCUT2D eigenvalue weighted by Gasteiger charge is -2.38. The van der Waals surface area contributed by atoms with Crippen molar-refractivity contribution in [2.75, 3.05) is 33.4 Å². The van der Waals surface area contributed by atoms with Crippen LogP contribution in [0.5, 0.6) is 5.75 Å². The molecule has 2 aromatic rings. The van der Waals surface area contributed by atoms with Gasteiger partial charge in [0.25, 0.3) is 0 Å². The summed E-state index contributed by atoms with van der Waals surface area (Å²) in [6, 6.07) is 16.4. The van der Waals surface area contributed by atoms with Crippen molar-refractivity contribution in [3.8, 4) is 5.75 Å². The summed E-state index contributed by atoms with van der Waals surface area (Å²) in [6.07, 6.45) is 2.96. The normalized spacial score (nSPS) is 20.6. The lowest BCUT2D eigenvalue weighted by molar-refractivity contribution is 0.0514. The quantitative estimate of drug-likeness (QED) is 0.581. The zero-order valence-electron chi connectivity index (χ0n) is 16.8. The molecule has 2 N–H and O–H groups in total. The average Bonchev–Trinajstić information content (AvgIpc) is 3.17. The van der Waals surface area contributed by atoms with Crippen molar-refractivity contribution in [2.45, 2.75) is 30.8 Å². The van der Waals surface area contributed by atoms with Crippen molar-refractivity contribution in [3.05, 3.63) is 64.7 Å². The summed E-state index contributed by atoms with van der Waals surface area (Å²) < 4.78 is 11.7. The van der Waals surface area contributed by atoms with Crippen LogP contribution in [-0.4, -0.2) is 45.4 Å². The molecule has 0 saturated carbocycles. The van der Waals surface area contributed by atoms with Crippen molar-refractivity contribution in [1.29, 1.82) is 0 Å². The van der Waals surface area contributed by atoms with Crippen LogP contribution in [0.1, 0.15) is 24.0 Å². The third-order valence-electron chi connectivity index (χ3n) is 5.92. The second kappa shape index (κ2) is 9.06. The molecule has 6 heteroatoms. The van der Waals surface area contributed by atoms with Gasteiger partial charge in [-0.25, -0.2) is 0 Å². The smallest absolute Gasteiger partial charge is 0.191 e. The topological polar surface area (TPSA) is 54.9 Å². The fraction of sp³-hybridized carbons (Fsp3) is 0.435. The highest BCUT2D eigenvalue weighted by molar-refractivity contribution is 6.30. The zero-order chi connectivity index (χ0) is 20.1. The van der Waals surface area contributed by atoms with Crippen LogP contribution in [-0.2, 0) is 16.6 Å². The van der Waals surface area contributed by atoms with Gasteiger partial charge in [-0.1, -0.05) is 41.9 Å². The number of halogens is 1. The molecule has 2 aromatic carbocycles. The van der Waals surface area contributed by atoms with Gasteiger partial charge in [0.15, 0.2) is 5.96 Å². The molecule has 29 heavy (non-hydrogen) atoms. The number of guanidine groups is 1. The van der Waals surface area contributed by atoms with Crippen LogP contribution in [0.4, 0.5) is 0 Å². The molecule has 0 aromatic heterocycles. The minimum absolute atomic E-state index is 0.0130. The number of hydrogen-bond donors (Lipinski definition) is 2. The summed E-state index contributed by atoms with van der Waals surface area (Å²) in [4.78, 5) is 4.41. The molecule has 1 fully saturated rings. The highest BCUT2D eigenvalue weighted by Crippen LogP contribution is 2.35. The first-order valence-corrected chi connectivity index (χ1v) is 10.6. The number of fused-ring (bicyclic) bond motifs is 1. The lowest BCUT2D eigenvalue weighted by atomic mass is 9.74. The highest BCUT2D eigenvalue weighted by Gasteiger charge is 2.35. The predicted molar refractivity (Wildman–Crippen MR) is 117 cm³/mol. The van der Waals surface area contributed by atoms with E-state index < -0.39 is 0 Å². The van der Waals surface area contributed by atoms with Crippen LogP contribution in [0, 0.1) is 0 Å². The van der Waals surface area contributed by atoms with E-state index in [1.54, 1.807) is 7.05 Å². The van der Waals surface area contributed by atoms with E-state index in [2.05, 4.69) is 39.9 Å². The molecule has 0 amide bonds. The van der Waals surface area contributed by atoms with Gasteiger partial charge < -0.3 is 20.1 Å². The number of rotatable bonds is 5. The Bertz CT molecular complexity index is 840. The van der Waals surface area contributed by atoms with Crippen molar-refractivity contribution < 1.29 is 9.47 Å². The molecule has 154 valence electrons. The monoisotopic (exact) mass is 413 g/mol. The average molecular weight is 414 g/mol. The van der Waals surface area contributed by atoms with E-state index in [1.807, 2.05) is 24.3 Å². The summed E-state index contributed by atoms with van der Waals surface area (Å²) in [7, 11) is 1.80. The van der Waals surface area contributed by atoms with Crippen LogP contribution in [0.2, 0.25) is 5.02 Å². The van der Waals surface area contributed by atoms with Gasteiger partial charge in [0.05, 0.1) is 6.54 Å². The van der Waals surface area contributed by atoms with Crippen molar-refractivity contribution in [3.63, 3.8) is 0 Å². The minimum atomic E-state index is -0.0130. The maximum Gasteiger partial charge on any atom is 0.191 e. The Labute approximate surface area is 177 Å². The number of benzene rings is 2. The van der Waals surface area contributed by atoms with E-state index in [4.69, 9.17) is 21.1 Å². The summed E-state index contributed by atoms with van der Waals surface area (Å²) in [5.74, 6) is 1.78. The van der Waals surface area contributed by atoms with Crippen molar-refractivity contribution in [1.82, 2.24) is 10.6 Å². The third-order valence-corrected chi connectivity index (χ3v) is 6.15. The number of aliphatic imine (C=N–C) groups is 1. The molecule has 2 aliphatic heterocycles. The molecule has 4 rings (SSSR count). The Hall–Kier alpha value is -2.24. The molecule has 5 nitrogen and oxygen atoms in total. The summed E-state index contributed by atoms with van der Waals surface area (Å²) >= 11 is 6.28. The second-order valence-corrected chi connectivity index (χ2v) is 8.20. The molecule has 0 radical (unpaired) electrons. The maximum absolute atomic E-state index is 6.28. The molecule has 2 heterocycles. The lowest BCUT2D eigenvalue weighted by Crippen LogP contribution is -2.49. The van der Waals surface area contributed by atoms with Crippen molar-refractivity contribution >= 4 is 17.6 Å². The number of ether oxygens (including phenoxy) is 2. The Balaban J connectivity index is 1.36. The fourth-order valence-electron chi connectivity index (χ4n) is 4.20. The number of para-hydroxylation sites is 1. The van der Waals surface area contributed by atoms with E-state index in [-0.39, 0.29) is 11.5 Å². The van der Waals surface area contributed by atoms with Gasteiger partial charge in [-0.05, 0) is 42.2 Å². The largest absolute Gasteiger partial charge is 0.488 e. The Kier molecular flexibility index (Phi) is 6.26. The first-order valence-electron chi connectivity index (χ1n) is 10.2. The van der Waals surface area contributed by atoms with E-state index >= 15 is 0 Å². The van der Waals surface area contributed by atoms with Gasteiger partial charge in [-0.2, -0.15) is 0 Å². The Morgan fingerprint density at radius 3 is 2.72 bits per heavy atom. The summed E-state index contributed by atoms with van der Waals surface area (Å²) in [6.45, 7) is 3.01. The van der Waals surface area contributed by atoms with Gasteiger partial charge in [0.2, 0.25) is 0 Å². The van der Waals surface area contributed by atoms with E-state index in [1.165, 1.54) is 11.1 Å².